The first-order chi connectivity index (χ1) is 15.1. The Morgan fingerprint density at radius 2 is 1.84 bits per heavy atom. The summed E-state index contributed by atoms with van der Waals surface area (Å²) < 4.78 is 11.4. The van der Waals surface area contributed by atoms with Crippen LogP contribution in [0.15, 0.2) is 29.3 Å². The van der Waals surface area contributed by atoms with Crippen LogP contribution in [0.2, 0.25) is 0 Å². The Bertz CT molecular complexity index is 730. The van der Waals surface area contributed by atoms with Gasteiger partial charge in [0.15, 0.2) is 5.96 Å². The van der Waals surface area contributed by atoms with E-state index in [0.29, 0.717) is 38.2 Å². The number of hydrogen-bond acceptors (Lipinski definition) is 4. The molecule has 1 aromatic carbocycles. The molecule has 0 bridgehead atoms. The molecule has 0 spiro atoms. The number of aliphatic imine (C=N–C) groups is 1. The van der Waals surface area contributed by atoms with Gasteiger partial charge < -0.3 is 24.6 Å². The van der Waals surface area contributed by atoms with E-state index < -0.39 is 0 Å². The van der Waals surface area contributed by atoms with Gasteiger partial charge in [0.25, 0.3) is 0 Å². The summed E-state index contributed by atoms with van der Waals surface area (Å²) in [6, 6.07) is 8.21. The molecule has 1 aromatic rings. The van der Waals surface area contributed by atoms with Crippen molar-refractivity contribution in [3.8, 4) is 5.75 Å². The first-order valence-electron chi connectivity index (χ1n) is 11.7. The van der Waals surface area contributed by atoms with Crippen LogP contribution in [0.3, 0.4) is 0 Å². The van der Waals surface area contributed by atoms with Gasteiger partial charge in [-0.1, -0.05) is 32.0 Å². The third-order valence-corrected chi connectivity index (χ3v) is 5.95. The van der Waals surface area contributed by atoms with Gasteiger partial charge in [0.05, 0.1) is 19.8 Å². The zero-order valence-corrected chi connectivity index (χ0v) is 22.0. The van der Waals surface area contributed by atoms with Gasteiger partial charge >= 0.3 is 0 Å². The van der Waals surface area contributed by atoms with Gasteiger partial charge in [-0.3, -0.25) is 4.79 Å². The van der Waals surface area contributed by atoms with E-state index in [2.05, 4.69) is 43.1 Å². The number of likely N-dealkylation sites (tertiary alicyclic amines) is 1. The van der Waals surface area contributed by atoms with Crippen molar-refractivity contribution in [1.82, 2.24) is 15.1 Å². The summed E-state index contributed by atoms with van der Waals surface area (Å²) in [5.41, 5.74) is 1.23. The van der Waals surface area contributed by atoms with Gasteiger partial charge in [-0.15, -0.1) is 24.0 Å². The molecule has 2 aliphatic heterocycles. The van der Waals surface area contributed by atoms with Crippen LogP contribution in [0.5, 0.6) is 5.75 Å². The summed E-state index contributed by atoms with van der Waals surface area (Å²) in [5, 5.41) is 3.40. The number of amides is 1. The quantitative estimate of drug-likeness (QED) is 0.241. The van der Waals surface area contributed by atoms with Crippen LogP contribution in [0, 0.1) is 5.92 Å². The molecule has 32 heavy (non-hydrogen) atoms. The highest BCUT2D eigenvalue weighted by Crippen LogP contribution is 2.25. The Balaban J connectivity index is 0.00000363. The lowest BCUT2D eigenvalue weighted by atomic mass is 9.95. The molecule has 0 unspecified atom stereocenters. The molecule has 2 aliphatic rings. The van der Waals surface area contributed by atoms with Crippen LogP contribution >= 0.6 is 24.0 Å². The Morgan fingerprint density at radius 1 is 1.16 bits per heavy atom. The zero-order valence-electron chi connectivity index (χ0n) is 19.7. The fourth-order valence-electron chi connectivity index (χ4n) is 4.20. The van der Waals surface area contributed by atoms with Gasteiger partial charge in [-0.05, 0) is 37.3 Å². The molecule has 1 amide bonds. The standard InChI is InChI=1S/C24H38N4O3.HI/c1-4-25-24(26-11-16-31-22-8-6-5-7-21(22)19(2)3)28-12-9-20(10-13-28)23(29)27-14-17-30-18-15-27;/h5-8,19-20H,4,9-18H2,1-3H3,(H,25,26);1H. The van der Waals surface area contributed by atoms with E-state index >= 15 is 0 Å². The van der Waals surface area contributed by atoms with E-state index in [1.165, 1.54) is 5.56 Å². The van der Waals surface area contributed by atoms with Crippen molar-refractivity contribution < 1.29 is 14.3 Å². The molecule has 0 saturated carbocycles. The van der Waals surface area contributed by atoms with Crippen LogP contribution < -0.4 is 10.1 Å². The number of para-hydroxylation sites is 1. The van der Waals surface area contributed by atoms with Gasteiger partial charge in [0.1, 0.15) is 12.4 Å². The predicted molar refractivity (Wildman–Crippen MR) is 139 cm³/mol. The van der Waals surface area contributed by atoms with E-state index in [0.717, 1.165) is 57.3 Å². The lowest BCUT2D eigenvalue weighted by molar-refractivity contribution is -0.140. The van der Waals surface area contributed by atoms with Crippen molar-refractivity contribution in [1.29, 1.82) is 0 Å². The second kappa shape index (κ2) is 13.9. The molecule has 7 nitrogen and oxygen atoms in total. The van der Waals surface area contributed by atoms with Crippen molar-refractivity contribution in [3.05, 3.63) is 29.8 Å². The maximum atomic E-state index is 12.8. The lowest BCUT2D eigenvalue weighted by Crippen LogP contribution is -2.50. The number of benzene rings is 1. The highest BCUT2D eigenvalue weighted by atomic mass is 127. The van der Waals surface area contributed by atoms with Crippen molar-refractivity contribution >= 4 is 35.8 Å². The average molecular weight is 559 g/mol. The van der Waals surface area contributed by atoms with Crippen LogP contribution in [0.1, 0.15) is 45.1 Å². The molecule has 0 radical (unpaired) electrons. The normalized spacial score (nSPS) is 17.8. The van der Waals surface area contributed by atoms with Gasteiger partial charge in [-0.2, -0.15) is 0 Å². The number of carbonyl (C=O) groups excluding carboxylic acids is 1. The van der Waals surface area contributed by atoms with Crippen LogP contribution in [0.4, 0.5) is 0 Å². The molecule has 8 heteroatoms. The zero-order chi connectivity index (χ0) is 22.1. The number of hydrogen-bond donors (Lipinski definition) is 1. The Morgan fingerprint density at radius 3 is 2.50 bits per heavy atom. The molecule has 0 aromatic heterocycles. The first kappa shape index (κ1) is 26.7. The highest BCUT2D eigenvalue weighted by Gasteiger charge is 2.30. The fourth-order valence-corrected chi connectivity index (χ4v) is 4.20. The van der Waals surface area contributed by atoms with Gasteiger partial charge in [-0.25, -0.2) is 4.99 Å². The van der Waals surface area contributed by atoms with Crippen molar-refractivity contribution in [3.63, 3.8) is 0 Å². The van der Waals surface area contributed by atoms with Crippen LogP contribution in [0.25, 0.3) is 0 Å². The van der Waals surface area contributed by atoms with E-state index in [-0.39, 0.29) is 29.9 Å². The Kier molecular flexibility index (Phi) is 11.6. The van der Waals surface area contributed by atoms with E-state index in [4.69, 9.17) is 14.5 Å². The smallest absolute Gasteiger partial charge is 0.225 e. The summed E-state index contributed by atoms with van der Waals surface area (Å²) in [6.07, 6.45) is 1.75. The number of carbonyl (C=O) groups is 1. The molecule has 2 fully saturated rings. The van der Waals surface area contributed by atoms with Gasteiger partial charge in [0.2, 0.25) is 5.91 Å². The number of nitrogens with one attached hydrogen (secondary N) is 1. The molecule has 0 aliphatic carbocycles. The number of morpholine rings is 1. The molecule has 0 atom stereocenters. The molecule has 180 valence electrons. The minimum absolute atomic E-state index is 0. The number of piperidine rings is 1. The third-order valence-electron chi connectivity index (χ3n) is 5.95. The summed E-state index contributed by atoms with van der Waals surface area (Å²) >= 11 is 0. The second-order valence-corrected chi connectivity index (χ2v) is 8.48. The van der Waals surface area contributed by atoms with E-state index in [9.17, 15) is 4.79 Å². The molecule has 2 saturated heterocycles. The fraction of sp³-hybridized carbons (Fsp3) is 0.667. The second-order valence-electron chi connectivity index (χ2n) is 8.48. The largest absolute Gasteiger partial charge is 0.491 e. The lowest BCUT2D eigenvalue weighted by Gasteiger charge is -2.36. The number of guanidine groups is 1. The highest BCUT2D eigenvalue weighted by molar-refractivity contribution is 14.0. The molecular weight excluding hydrogens is 519 g/mol. The summed E-state index contributed by atoms with van der Waals surface area (Å²) in [6.45, 7) is 12.9. The maximum Gasteiger partial charge on any atom is 0.225 e. The number of ether oxygens (including phenoxy) is 2. The maximum absolute atomic E-state index is 12.8. The van der Waals surface area contributed by atoms with Crippen molar-refractivity contribution in [2.24, 2.45) is 10.9 Å². The minimum Gasteiger partial charge on any atom is -0.491 e. The molecule has 2 heterocycles. The SMILES string of the molecule is CCNC(=NCCOc1ccccc1C(C)C)N1CCC(C(=O)N2CCOCC2)CC1.I. The summed E-state index contributed by atoms with van der Waals surface area (Å²) in [7, 11) is 0. The molecule has 1 N–H and O–H groups in total. The van der Waals surface area contributed by atoms with E-state index in [1.54, 1.807) is 0 Å². The number of rotatable bonds is 7. The van der Waals surface area contributed by atoms with Crippen molar-refractivity contribution in [2.45, 2.75) is 39.5 Å². The first-order valence-corrected chi connectivity index (χ1v) is 11.7. The number of halogens is 1. The van der Waals surface area contributed by atoms with Crippen LogP contribution in [-0.2, 0) is 9.53 Å². The minimum atomic E-state index is 0. The summed E-state index contributed by atoms with van der Waals surface area (Å²) in [5.74, 6) is 2.70. The summed E-state index contributed by atoms with van der Waals surface area (Å²) in [4.78, 5) is 21.8. The average Bonchev–Trinajstić information content (AvgIpc) is 2.81. The van der Waals surface area contributed by atoms with E-state index in [1.807, 2.05) is 17.0 Å². The van der Waals surface area contributed by atoms with Gasteiger partial charge in [0, 0.05) is 38.6 Å². The number of nitrogens with zero attached hydrogens (tertiary/aromatic N) is 3. The van der Waals surface area contributed by atoms with Crippen molar-refractivity contribution in [2.75, 3.05) is 59.1 Å². The molecular formula is C24H39IN4O3. The monoisotopic (exact) mass is 558 g/mol. The molecule has 3 rings (SSSR count). The third kappa shape index (κ3) is 7.50. The Labute approximate surface area is 209 Å². The Hall–Kier alpha value is -1.55. The predicted octanol–water partition coefficient (Wildman–Crippen LogP) is 3.34. The topological polar surface area (TPSA) is 66.4 Å². The van der Waals surface area contributed by atoms with Crippen LogP contribution in [-0.4, -0.2) is 80.8 Å².